The Labute approximate surface area is 148 Å². The van der Waals surface area contributed by atoms with Gasteiger partial charge in [0.1, 0.15) is 17.8 Å². The van der Waals surface area contributed by atoms with E-state index in [0.717, 1.165) is 54.1 Å². The van der Waals surface area contributed by atoms with Crippen molar-refractivity contribution in [2.24, 2.45) is 0 Å². The van der Waals surface area contributed by atoms with Gasteiger partial charge in [-0.2, -0.15) is 23.8 Å². The maximum atomic E-state index is 4.54. The maximum Gasteiger partial charge on any atom is 0.140 e. The van der Waals surface area contributed by atoms with Gasteiger partial charge in [0.15, 0.2) is 0 Å². The smallest absolute Gasteiger partial charge is 0.140 e. The zero-order valence-corrected chi connectivity index (χ0v) is 14.8. The van der Waals surface area contributed by atoms with Crippen LogP contribution in [0.15, 0.2) is 18.5 Å². The van der Waals surface area contributed by atoms with Gasteiger partial charge in [0.05, 0.1) is 0 Å². The summed E-state index contributed by atoms with van der Waals surface area (Å²) in [5, 5.41) is 5.69. The predicted molar refractivity (Wildman–Crippen MR) is 80.1 cm³/mol. The van der Waals surface area contributed by atoms with Crippen molar-refractivity contribution >= 4 is 27.8 Å². The van der Waals surface area contributed by atoms with E-state index in [1.54, 1.807) is 6.33 Å². The van der Waals surface area contributed by atoms with Crippen molar-refractivity contribution in [3.63, 3.8) is 0 Å². The van der Waals surface area contributed by atoms with E-state index in [9.17, 15) is 0 Å². The zero-order valence-electron chi connectivity index (χ0n) is 12.0. The van der Waals surface area contributed by atoms with E-state index in [2.05, 4.69) is 44.2 Å². The van der Waals surface area contributed by atoms with Gasteiger partial charge in [-0.3, -0.25) is 0 Å². The largest absolute Gasteiger partial charge is 0.392 e. The van der Waals surface area contributed by atoms with Gasteiger partial charge in [-0.25, -0.2) is 9.97 Å². The fourth-order valence-corrected chi connectivity index (χ4v) is 2.87. The second-order valence-corrected chi connectivity index (χ2v) is 5.23. The molecule has 1 radical (unpaired) electrons. The Morgan fingerprint density at radius 3 is 2.86 bits per heavy atom. The molecule has 3 heterocycles. The maximum absolute atomic E-state index is 4.54. The van der Waals surface area contributed by atoms with E-state index in [-0.39, 0.29) is 32.7 Å². The zero-order chi connectivity index (χ0) is 13.5. The average molecular weight is 355 g/mol. The molecule has 6 heteroatoms. The van der Waals surface area contributed by atoms with Gasteiger partial charge in [0.25, 0.3) is 0 Å². The molecule has 1 saturated heterocycles. The van der Waals surface area contributed by atoms with E-state index in [1.165, 1.54) is 5.39 Å². The van der Waals surface area contributed by atoms with Crippen LogP contribution >= 0.6 is 0 Å². The van der Waals surface area contributed by atoms with Crippen LogP contribution in [0.25, 0.3) is 21.9 Å². The fourth-order valence-electron chi connectivity index (χ4n) is 2.87. The molecule has 0 atom stereocenters. The van der Waals surface area contributed by atoms with Gasteiger partial charge in [-0.05, 0) is 0 Å². The first kappa shape index (κ1) is 14.9. The number of rotatable bonds is 1. The standard InChI is InChI=1S/C15H16N5.Y/c1-10-2-3-12-11(8-10)13-14(19-12)17-9-18-15(13)20-6-4-16-5-7-20;/h3,8-9,16H,4-7H2,1H3,(H,17,18,19);/q-1;. The topological polar surface area (TPSA) is 56.8 Å². The Kier molecular flexibility index (Phi) is 4.24. The van der Waals surface area contributed by atoms with Gasteiger partial charge in [-0.1, -0.05) is 17.8 Å². The van der Waals surface area contributed by atoms with Gasteiger partial charge in [0, 0.05) is 64.3 Å². The number of benzene rings is 1. The van der Waals surface area contributed by atoms with Crippen LogP contribution in [0.2, 0.25) is 0 Å². The molecule has 2 aromatic heterocycles. The molecule has 4 rings (SSSR count). The minimum Gasteiger partial charge on any atom is -0.392 e. The second kappa shape index (κ2) is 5.99. The van der Waals surface area contributed by atoms with Crippen LogP contribution in [0.3, 0.4) is 0 Å². The summed E-state index contributed by atoms with van der Waals surface area (Å²) < 4.78 is 0. The number of nitrogens with one attached hydrogen (secondary N) is 2. The van der Waals surface area contributed by atoms with E-state index in [1.807, 2.05) is 6.07 Å². The van der Waals surface area contributed by atoms with Crippen LogP contribution in [0.1, 0.15) is 5.56 Å². The third-order valence-electron chi connectivity index (χ3n) is 3.86. The molecule has 1 aliphatic rings. The summed E-state index contributed by atoms with van der Waals surface area (Å²) in [6.07, 6.45) is 1.64. The van der Waals surface area contributed by atoms with Gasteiger partial charge in [0.2, 0.25) is 0 Å². The quantitative estimate of drug-likeness (QED) is 0.652. The van der Waals surface area contributed by atoms with E-state index in [4.69, 9.17) is 0 Å². The number of H-pyrrole nitrogens is 1. The van der Waals surface area contributed by atoms with Gasteiger partial charge in [-0.15, -0.1) is 0 Å². The summed E-state index contributed by atoms with van der Waals surface area (Å²) in [7, 11) is 0. The summed E-state index contributed by atoms with van der Waals surface area (Å²) in [5.41, 5.74) is 3.11. The minimum absolute atomic E-state index is 0. The molecule has 0 bridgehead atoms. The first-order valence-electron chi connectivity index (χ1n) is 6.93. The van der Waals surface area contributed by atoms with Crippen LogP contribution in [0.5, 0.6) is 0 Å². The molecule has 0 unspecified atom stereocenters. The Morgan fingerprint density at radius 1 is 1.24 bits per heavy atom. The van der Waals surface area contributed by atoms with Crippen molar-refractivity contribution in [1.82, 2.24) is 20.3 Å². The number of aromatic amines is 1. The van der Waals surface area contributed by atoms with Crippen molar-refractivity contribution < 1.29 is 32.7 Å². The third-order valence-corrected chi connectivity index (χ3v) is 3.86. The predicted octanol–water partition coefficient (Wildman–Crippen LogP) is 1.63. The number of aromatic nitrogens is 3. The molecule has 2 N–H and O–H groups in total. The SMILES string of the molecule is Cc1[c-]cc2[nH]c3ncnc(N4CCNCC4)c3c2c1.[Y]. The average Bonchev–Trinajstić information content (AvgIpc) is 2.86. The van der Waals surface area contributed by atoms with Crippen LogP contribution in [-0.4, -0.2) is 41.1 Å². The molecular weight excluding hydrogens is 339 g/mol. The molecule has 0 spiro atoms. The molecule has 0 saturated carbocycles. The van der Waals surface area contributed by atoms with Crippen molar-refractivity contribution in [2.75, 3.05) is 31.1 Å². The number of hydrogen-bond acceptors (Lipinski definition) is 4. The number of hydrogen-bond donors (Lipinski definition) is 2. The molecule has 5 nitrogen and oxygen atoms in total. The summed E-state index contributed by atoms with van der Waals surface area (Å²) in [6, 6.07) is 7.38. The van der Waals surface area contributed by atoms with Crippen molar-refractivity contribution in [2.45, 2.75) is 6.92 Å². The monoisotopic (exact) mass is 355 g/mol. The molecule has 3 aromatic rings. The number of aryl methyl sites for hydroxylation is 1. The van der Waals surface area contributed by atoms with Gasteiger partial charge < -0.3 is 15.2 Å². The van der Waals surface area contributed by atoms with E-state index < -0.39 is 0 Å². The summed E-state index contributed by atoms with van der Waals surface area (Å²) >= 11 is 0. The van der Waals surface area contributed by atoms with Crippen LogP contribution in [0, 0.1) is 13.0 Å². The Morgan fingerprint density at radius 2 is 2.05 bits per heavy atom. The van der Waals surface area contributed by atoms with E-state index in [0.29, 0.717) is 0 Å². The normalized spacial score (nSPS) is 15.4. The molecule has 1 fully saturated rings. The van der Waals surface area contributed by atoms with Crippen LogP contribution in [0.4, 0.5) is 5.82 Å². The van der Waals surface area contributed by atoms with E-state index >= 15 is 0 Å². The second-order valence-electron chi connectivity index (χ2n) is 5.23. The van der Waals surface area contributed by atoms with Crippen LogP contribution in [-0.2, 0) is 32.7 Å². The fraction of sp³-hybridized carbons (Fsp3) is 0.333. The molecular formula is C15H16N5Y-. The van der Waals surface area contributed by atoms with Crippen molar-refractivity contribution in [3.05, 3.63) is 30.1 Å². The minimum atomic E-state index is 0. The molecule has 1 aliphatic heterocycles. The Hall–Kier alpha value is -1.04. The van der Waals surface area contributed by atoms with Crippen molar-refractivity contribution in [3.8, 4) is 0 Å². The molecule has 0 aliphatic carbocycles. The Balaban J connectivity index is 0.00000132. The first-order chi connectivity index (χ1) is 9.83. The summed E-state index contributed by atoms with van der Waals surface area (Å²) in [5.74, 6) is 1.04. The number of nitrogens with zero attached hydrogens (tertiary/aromatic N) is 3. The molecule has 21 heavy (non-hydrogen) atoms. The number of anilines is 1. The molecule has 1 aromatic carbocycles. The van der Waals surface area contributed by atoms with Crippen LogP contribution < -0.4 is 10.2 Å². The molecule has 0 amide bonds. The molecule has 105 valence electrons. The number of fused-ring (bicyclic) bond motifs is 3. The van der Waals surface area contributed by atoms with Gasteiger partial charge >= 0.3 is 0 Å². The van der Waals surface area contributed by atoms with Crippen molar-refractivity contribution in [1.29, 1.82) is 0 Å². The summed E-state index contributed by atoms with van der Waals surface area (Å²) in [6.45, 7) is 6.03. The third kappa shape index (κ3) is 2.58. The number of piperazine rings is 1. The Bertz CT molecular complexity index is 776. The first-order valence-corrected chi connectivity index (χ1v) is 6.93. The summed E-state index contributed by atoms with van der Waals surface area (Å²) in [4.78, 5) is 14.6.